The Morgan fingerprint density at radius 1 is 1.38 bits per heavy atom. The third-order valence-electron chi connectivity index (χ3n) is 2.48. The SMILES string of the molecule is CC(C)(C)NC(=O)n1ccc(Oc2cccc(F)c2N)n1. The fourth-order valence-corrected chi connectivity index (χ4v) is 1.57. The summed E-state index contributed by atoms with van der Waals surface area (Å²) in [6.07, 6.45) is 1.45. The number of anilines is 1. The van der Waals surface area contributed by atoms with Crippen LogP contribution in [0.15, 0.2) is 30.5 Å². The molecule has 0 aliphatic rings. The summed E-state index contributed by atoms with van der Waals surface area (Å²) in [6, 6.07) is 5.34. The Morgan fingerprint density at radius 2 is 2.10 bits per heavy atom. The Hall–Kier alpha value is -2.57. The Morgan fingerprint density at radius 3 is 2.76 bits per heavy atom. The maximum Gasteiger partial charge on any atom is 0.342 e. The summed E-state index contributed by atoms with van der Waals surface area (Å²) in [5.41, 5.74) is 5.08. The van der Waals surface area contributed by atoms with Crippen LogP contribution in [0, 0.1) is 5.82 Å². The van der Waals surface area contributed by atoms with Crippen LogP contribution in [0.2, 0.25) is 0 Å². The lowest BCUT2D eigenvalue weighted by Crippen LogP contribution is -2.43. The van der Waals surface area contributed by atoms with Gasteiger partial charge in [0.1, 0.15) is 11.5 Å². The number of ether oxygens (including phenoxy) is 1. The summed E-state index contributed by atoms with van der Waals surface area (Å²) in [7, 11) is 0. The summed E-state index contributed by atoms with van der Waals surface area (Å²) in [6.45, 7) is 5.58. The van der Waals surface area contributed by atoms with Gasteiger partial charge in [0.25, 0.3) is 0 Å². The Labute approximate surface area is 121 Å². The van der Waals surface area contributed by atoms with Crippen LogP contribution in [0.5, 0.6) is 11.6 Å². The Balaban J connectivity index is 2.13. The van der Waals surface area contributed by atoms with Crippen molar-refractivity contribution >= 4 is 11.7 Å². The lowest BCUT2D eigenvalue weighted by Gasteiger charge is -2.19. The van der Waals surface area contributed by atoms with E-state index < -0.39 is 5.82 Å². The monoisotopic (exact) mass is 292 g/mol. The van der Waals surface area contributed by atoms with Crippen LogP contribution in [0.4, 0.5) is 14.9 Å². The van der Waals surface area contributed by atoms with Crippen LogP contribution in [0.3, 0.4) is 0 Å². The van der Waals surface area contributed by atoms with Crippen molar-refractivity contribution in [2.45, 2.75) is 26.3 Å². The maximum absolute atomic E-state index is 13.3. The normalized spacial score (nSPS) is 11.2. The molecule has 0 saturated heterocycles. The van der Waals surface area contributed by atoms with Gasteiger partial charge in [0.05, 0.1) is 0 Å². The zero-order chi connectivity index (χ0) is 15.6. The van der Waals surface area contributed by atoms with Gasteiger partial charge in [0.2, 0.25) is 5.88 Å². The van der Waals surface area contributed by atoms with Gasteiger partial charge >= 0.3 is 6.03 Å². The lowest BCUT2D eigenvalue weighted by molar-refractivity contribution is 0.230. The number of carbonyl (C=O) groups is 1. The van der Waals surface area contributed by atoms with Crippen molar-refractivity contribution in [1.29, 1.82) is 0 Å². The van der Waals surface area contributed by atoms with Crippen LogP contribution >= 0.6 is 0 Å². The van der Waals surface area contributed by atoms with E-state index in [2.05, 4.69) is 10.4 Å². The molecule has 0 aliphatic heterocycles. The fraction of sp³-hybridized carbons (Fsp3) is 0.286. The smallest absolute Gasteiger partial charge is 0.342 e. The van der Waals surface area contributed by atoms with Crippen LogP contribution in [-0.2, 0) is 0 Å². The predicted molar refractivity (Wildman–Crippen MR) is 76.8 cm³/mol. The van der Waals surface area contributed by atoms with E-state index in [1.807, 2.05) is 20.8 Å². The molecule has 1 aromatic carbocycles. The standard InChI is InChI=1S/C14H17FN4O2/c1-14(2,3)17-13(20)19-8-7-11(18-19)21-10-6-4-5-9(15)12(10)16/h4-8H,16H2,1-3H3,(H,17,20). The molecule has 0 spiro atoms. The van der Waals surface area contributed by atoms with E-state index in [0.29, 0.717) is 0 Å². The number of para-hydroxylation sites is 1. The molecule has 112 valence electrons. The summed E-state index contributed by atoms with van der Waals surface area (Å²) in [5, 5.41) is 6.72. The number of nitrogens with zero attached hydrogens (tertiary/aromatic N) is 2. The van der Waals surface area contributed by atoms with Gasteiger partial charge in [-0.3, -0.25) is 0 Å². The highest BCUT2D eigenvalue weighted by atomic mass is 19.1. The number of nitrogen functional groups attached to an aromatic ring is 1. The molecule has 1 heterocycles. The topological polar surface area (TPSA) is 82.2 Å². The van der Waals surface area contributed by atoms with Crippen LogP contribution in [0.25, 0.3) is 0 Å². The molecule has 0 fully saturated rings. The van der Waals surface area contributed by atoms with Crippen molar-refractivity contribution in [1.82, 2.24) is 15.1 Å². The molecule has 1 aromatic heterocycles. The molecule has 0 bridgehead atoms. The Kier molecular flexibility index (Phi) is 3.84. The van der Waals surface area contributed by atoms with Crippen molar-refractivity contribution in [3.8, 4) is 11.6 Å². The first-order chi connectivity index (χ1) is 9.76. The average molecular weight is 292 g/mol. The number of nitrogens with two attached hydrogens (primary N) is 1. The number of halogens is 1. The minimum Gasteiger partial charge on any atom is -0.435 e. The van der Waals surface area contributed by atoms with Crippen molar-refractivity contribution in [2.24, 2.45) is 0 Å². The second kappa shape index (κ2) is 5.43. The molecule has 7 heteroatoms. The number of hydrogen-bond donors (Lipinski definition) is 2. The molecule has 1 amide bonds. The van der Waals surface area contributed by atoms with Crippen molar-refractivity contribution in [3.63, 3.8) is 0 Å². The third kappa shape index (κ3) is 3.71. The van der Waals surface area contributed by atoms with Gasteiger partial charge in [-0.1, -0.05) is 6.07 Å². The highest BCUT2D eigenvalue weighted by Crippen LogP contribution is 2.28. The van der Waals surface area contributed by atoms with Crippen LogP contribution in [0.1, 0.15) is 20.8 Å². The summed E-state index contributed by atoms with van der Waals surface area (Å²) < 4.78 is 19.8. The highest BCUT2D eigenvalue weighted by Gasteiger charge is 2.16. The summed E-state index contributed by atoms with van der Waals surface area (Å²) in [4.78, 5) is 11.9. The molecular weight excluding hydrogens is 275 g/mol. The molecule has 0 unspecified atom stereocenters. The number of nitrogens with one attached hydrogen (secondary N) is 1. The number of rotatable bonds is 2. The number of amides is 1. The molecule has 0 atom stereocenters. The van der Waals surface area contributed by atoms with Gasteiger partial charge in [-0.05, 0) is 32.9 Å². The molecule has 2 rings (SSSR count). The van der Waals surface area contributed by atoms with Crippen molar-refractivity contribution < 1.29 is 13.9 Å². The maximum atomic E-state index is 13.3. The second-order valence-electron chi connectivity index (χ2n) is 5.53. The number of benzene rings is 1. The first kappa shape index (κ1) is 14.8. The molecule has 6 nitrogen and oxygen atoms in total. The number of aromatic nitrogens is 2. The lowest BCUT2D eigenvalue weighted by atomic mass is 10.1. The van der Waals surface area contributed by atoms with Gasteiger partial charge in [-0.25, -0.2) is 9.18 Å². The predicted octanol–water partition coefficient (Wildman–Crippen LogP) is 2.75. The first-order valence-corrected chi connectivity index (χ1v) is 6.36. The molecule has 21 heavy (non-hydrogen) atoms. The van der Waals surface area contributed by atoms with Gasteiger partial charge in [-0.15, -0.1) is 5.10 Å². The molecule has 2 aromatic rings. The van der Waals surface area contributed by atoms with E-state index in [1.165, 1.54) is 30.5 Å². The average Bonchev–Trinajstić information content (AvgIpc) is 2.82. The van der Waals surface area contributed by atoms with E-state index in [0.717, 1.165) is 4.68 Å². The van der Waals surface area contributed by atoms with Crippen molar-refractivity contribution in [2.75, 3.05) is 5.73 Å². The van der Waals surface area contributed by atoms with E-state index in [1.54, 1.807) is 0 Å². The zero-order valence-electron chi connectivity index (χ0n) is 12.1. The molecule has 0 aliphatic carbocycles. The molecular formula is C14H17FN4O2. The quantitative estimate of drug-likeness (QED) is 0.834. The van der Waals surface area contributed by atoms with E-state index in [-0.39, 0.29) is 28.9 Å². The molecule has 3 N–H and O–H groups in total. The van der Waals surface area contributed by atoms with E-state index in [9.17, 15) is 9.18 Å². The minimum absolute atomic E-state index is 0.105. The van der Waals surface area contributed by atoms with Gasteiger partial charge in [0, 0.05) is 17.8 Å². The van der Waals surface area contributed by atoms with E-state index >= 15 is 0 Å². The largest absolute Gasteiger partial charge is 0.435 e. The molecule has 0 saturated carbocycles. The Bertz CT molecular complexity index is 661. The van der Waals surface area contributed by atoms with Gasteiger partial charge in [-0.2, -0.15) is 4.68 Å². The number of carbonyl (C=O) groups excluding carboxylic acids is 1. The summed E-state index contributed by atoms with van der Waals surface area (Å²) >= 11 is 0. The second-order valence-corrected chi connectivity index (χ2v) is 5.53. The third-order valence-corrected chi connectivity index (χ3v) is 2.48. The van der Waals surface area contributed by atoms with Crippen LogP contribution in [-0.4, -0.2) is 21.4 Å². The van der Waals surface area contributed by atoms with Crippen LogP contribution < -0.4 is 15.8 Å². The zero-order valence-corrected chi connectivity index (χ0v) is 12.1. The van der Waals surface area contributed by atoms with E-state index in [4.69, 9.17) is 10.5 Å². The van der Waals surface area contributed by atoms with Crippen molar-refractivity contribution in [3.05, 3.63) is 36.3 Å². The summed E-state index contributed by atoms with van der Waals surface area (Å²) in [5.74, 6) is -0.273. The number of hydrogen-bond acceptors (Lipinski definition) is 4. The highest BCUT2D eigenvalue weighted by molar-refractivity contribution is 5.76. The van der Waals surface area contributed by atoms with Gasteiger partial charge in [0.15, 0.2) is 5.75 Å². The first-order valence-electron chi connectivity index (χ1n) is 6.36. The fourth-order valence-electron chi connectivity index (χ4n) is 1.57. The molecule has 0 radical (unpaired) electrons. The van der Waals surface area contributed by atoms with Gasteiger partial charge < -0.3 is 15.8 Å². The minimum atomic E-state index is -0.572.